The highest BCUT2D eigenvalue weighted by molar-refractivity contribution is 6.30. The molecule has 1 aromatic carbocycles. The van der Waals surface area contributed by atoms with Crippen LogP contribution in [0.1, 0.15) is 24.9 Å². The Morgan fingerprint density at radius 1 is 1.47 bits per heavy atom. The Morgan fingerprint density at radius 3 is 2.87 bits per heavy atom. The van der Waals surface area contributed by atoms with Crippen molar-refractivity contribution in [3.05, 3.63) is 34.9 Å². The zero-order valence-electron chi connectivity index (χ0n) is 9.29. The van der Waals surface area contributed by atoms with Gasteiger partial charge in [0, 0.05) is 24.7 Å². The zero-order valence-corrected chi connectivity index (χ0v) is 10.1. The topological polar surface area (TPSA) is 21.3 Å². The number of halogens is 1. The van der Waals surface area contributed by atoms with E-state index in [1.54, 1.807) is 7.11 Å². The Bertz CT molecular complexity index is 291. The summed E-state index contributed by atoms with van der Waals surface area (Å²) in [6.45, 7) is 3.75. The minimum atomic E-state index is 0.360. The van der Waals surface area contributed by atoms with Gasteiger partial charge < -0.3 is 10.1 Å². The largest absolute Gasteiger partial charge is 0.383 e. The SMILES string of the molecule is CCC(NCCOC)c1cccc(Cl)c1. The Hall–Kier alpha value is -0.570. The fourth-order valence-corrected chi connectivity index (χ4v) is 1.76. The molecule has 0 aliphatic rings. The summed E-state index contributed by atoms with van der Waals surface area (Å²) in [5.41, 5.74) is 1.24. The maximum atomic E-state index is 5.95. The number of rotatable bonds is 6. The number of ether oxygens (including phenoxy) is 1. The lowest BCUT2D eigenvalue weighted by molar-refractivity contribution is 0.195. The molecule has 0 heterocycles. The van der Waals surface area contributed by atoms with Crippen molar-refractivity contribution in [3.63, 3.8) is 0 Å². The normalized spacial score (nSPS) is 12.7. The number of hydrogen-bond acceptors (Lipinski definition) is 2. The summed E-state index contributed by atoms with van der Waals surface area (Å²) in [6.07, 6.45) is 1.05. The molecule has 84 valence electrons. The van der Waals surface area contributed by atoms with Gasteiger partial charge in [0.05, 0.1) is 6.61 Å². The van der Waals surface area contributed by atoms with Crippen LogP contribution in [0.25, 0.3) is 0 Å². The van der Waals surface area contributed by atoms with Crippen LogP contribution in [-0.2, 0) is 4.74 Å². The summed E-state index contributed by atoms with van der Waals surface area (Å²) in [6, 6.07) is 8.35. The lowest BCUT2D eigenvalue weighted by Gasteiger charge is -2.17. The van der Waals surface area contributed by atoms with Crippen molar-refractivity contribution in [1.29, 1.82) is 0 Å². The van der Waals surface area contributed by atoms with Crippen molar-refractivity contribution in [2.45, 2.75) is 19.4 Å². The fourth-order valence-electron chi connectivity index (χ4n) is 1.56. The minimum absolute atomic E-state index is 0.360. The maximum Gasteiger partial charge on any atom is 0.0587 e. The second-order valence-corrected chi connectivity index (χ2v) is 3.90. The molecule has 0 bridgehead atoms. The van der Waals surface area contributed by atoms with Gasteiger partial charge in [-0.25, -0.2) is 0 Å². The molecule has 3 heteroatoms. The first-order chi connectivity index (χ1) is 7.27. The highest BCUT2D eigenvalue weighted by Gasteiger charge is 2.07. The molecular formula is C12H18ClNO. The first-order valence-electron chi connectivity index (χ1n) is 5.25. The Balaban J connectivity index is 2.57. The highest BCUT2D eigenvalue weighted by Crippen LogP contribution is 2.19. The average molecular weight is 228 g/mol. The van der Waals surface area contributed by atoms with Crippen LogP contribution in [-0.4, -0.2) is 20.3 Å². The molecule has 0 aliphatic heterocycles. The van der Waals surface area contributed by atoms with Gasteiger partial charge in [0.1, 0.15) is 0 Å². The fraction of sp³-hybridized carbons (Fsp3) is 0.500. The molecule has 1 atom stereocenters. The summed E-state index contributed by atoms with van der Waals surface area (Å²) in [4.78, 5) is 0. The van der Waals surface area contributed by atoms with Crippen LogP contribution in [0.15, 0.2) is 24.3 Å². The third-order valence-electron chi connectivity index (χ3n) is 2.36. The van der Waals surface area contributed by atoms with Crippen LogP contribution in [0.2, 0.25) is 5.02 Å². The van der Waals surface area contributed by atoms with Crippen molar-refractivity contribution in [1.82, 2.24) is 5.32 Å². The summed E-state index contributed by atoms with van der Waals surface area (Å²) in [5, 5.41) is 4.22. The predicted molar refractivity (Wildman–Crippen MR) is 64.4 cm³/mol. The summed E-state index contributed by atoms with van der Waals surface area (Å²) in [5.74, 6) is 0. The second-order valence-electron chi connectivity index (χ2n) is 3.46. The van der Waals surface area contributed by atoms with Crippen molar-refractivity contribution in [2.24, 2.45) is 0 Å². The van der Waals surface area contributed by atoms with E-state index >= 15 is 0 Å². The van der Waals surface area contributed by atoms with Crippen LogP contribution < -0.4 is 5.32 Å². The molecule has 0 amide bonds. The number of methoxy groups -OCH3 is 1. The molecule has 0 spiro atoms. The summed E-state index contributed by atoms with van der Waals surface area (Å²) >= 11 is 5.95. The maximum absolute atomic E-state index is 5.95. The molecule has 0 radical (unpaired) electrons. The van der Waals surface area contributed by atoms with E-state index in [9.17, 15) is 0 Å². The summed E-state index contributed by atoms with van der Waals surface area (Å²) in [7, 11) is 1.71. The molecule has 0 saturated carbocycles. The van der Waals surface area contributed by atoms with Gasteiger partial charge in [-0.2, -0.15) is 0 Å². The molecule has 1 N–H and O–H groups in total. The van der Waals surface area contributed by atoms with E-state index in [0.717, 1.165) is 24.6 Å². The average Bonchev–Trinajstić information content (AvgIpc) is 2.24. The van der Waals surface area contributed by atoms with Gasteiger partial charge in [0.15, 0.2) is 0 Å². The molecule has 0 aliphatic carbocycles. The van der Waals surface area contributed by atoms with E-state index in [1.165, 1.54) is 5.56 Å². The molecule has 15 heavy (non-hydrogen) atoms. The third kappa shape index (κ3) is 4.20. The van der Waals surface area contributed by atoms with E-state index in [-0.39, 0.29) is 0 Å². The number of hydrogen-bond donors (Lipinski definition) is 1. The molecule has 1 rings (SSSR count). The van der Waals surface area contributed by atoms with Crippen molar-refractivity contribution < 1.29 is 4.74 Å². The van der Waals surface area contributed by atoms with E-state index < -0.39 is 0 Å². The van der Waals surface area contributed by atoms with Gasteiger partial charge in [-0.15, -0.1) is 0 Å². The quantitative estimate of drug-likeness (QED) is 0.755. The standard InChI is InChI=1S/C12H18ClNO/c1-3-12(14-7-8-15-2)10-5-4-6-11(13)9-10/h4-6,9,12,14H,3,7-8H2,1-2H3. The second kappa shape index (κ2) is 6.83. The third-order valence-corrected chi connectivity index (χ3v) is 2.59. The van der Waals surface area contributed by atoms with Crippen molar-refractivity contribution in [3.8, 4) is 0 Å². The number of nitrogens with one attached hydrogen (secondary N) is 1. The van der Waals surface area contributed by atoms with Gasteiger partial charge in [-0.05, 0) is 24.1 Å². The first-order valence-corrected chi connectivity index (χ1v) is 5.63. The molecule has 2 nitrogen and oxygen atoms in total. The lowest BCUT2D eigenvalue weighted by Crippen LogP contribution is -2.24. The molecular weight excluding hydrogens is 210 g/mol. The van der Waals surface area contributed by atoms with Gasteiger partial charge in [0.25, 0.3) is 0 Å². The Kier molecular flexibility index (Phi) is 5.69. The summed E-state index contributed by atoms with van der Waals surface area (Å²) < 4.78 is 5.01. The van der Waals surface area contributed by atoms with Gasteiger partial charge in [-0.3, -0.25) is 0 Å². The smallest absolute Gasteiger partial charge is 0.0587 e. The predicted octanol–water partition coefficient (Wildman–Crippen LogP) is 3.03. The van der Waals surface area contributed by atoms with Gasteiger partial charge in [-0.1, -0.05) is 30.7 Å². The van der Waals surface area contributed by atoms with E-state index in [2.05, 4.69) is 18.3 Å². The lowest BCUT2D eigenvalue weighted by atomic mass is 10.0. The van der Waals surface area contributed by atoms with Crippen LogP contribution >= 0.6 is 11.6 Å². The monoisotopic (exact) mass is 227 g/mol. The minimum Gasteiger partial charge on any atom is -0.383 e. The number of benzene rings is 1. The molecule has 0 saturated heterocycles. The van der Waals surface area contributed by atoms with Crippen LogP contribution in [0.3, 0.4) is 0 Å². The Labute approximate surface area is 96.6 Å². The molecule has 1 unspecified atom stereocenters. The zero-order chi connectivity index (χ0) is 11.1. The van der Waals surface area contributed by atoms with E-state index in [1.807, 2.05) is 18.2 Å². The van der Waals surface area contributed by atoms with Gasteiger partial charge in [0.2, 0.25) is 0 Å². The van der Waals surface area contributed by atoms with E-state index in [4.69, 9.17) is 16.3 Å². The highest BCUT2D eigenvalue weighted by atomic mass is 35.5. The molecule has 1 aromatic rings. The molecule has 0 aromatic heterocycles. The van der Waals surface area contributed by atoms with Gasteiger partial charge >= 0.3 is 0 Å². The molecule has 0 fully saturated rings. The van der Waals surface area contributed by atoms with E-state index in [0.29, 0.717) is 6.04 Å². The van der Waals surface area contributed by atoms with Crippen LogP contribution in [0, 0.1) is 0 Å². The van der Waals surface area contributed by atoms with Crippen LogP contribution in [0.5, 0.6) is 0 Å². The van der Waals surface area contributed by atoms with Crippen molar-refractivity contribution in [2.75, 3.05) is 20.3 Å². The van der Waals surface area contributed by atoms with Crippen LogP contribution in [0.4, 0.5) is 0 Å². The first kappa shape index (κ1) is 12.5. The Morgan fingerprint density at radius 2 is 2.27 bits per heavy atom. The van der Waals surface area contributed by atoms with Crippen molar-refractivity contribution >= 4 is 11.6 Å².